The molecule has 0 radical (unpaired) electrons. The van der Waals surface area contributed by atoms with E-state index in [0.717, 1.165) is 38.8 Å². The average molecular weight is 345 g/mol. The summed E-state index contributed by atoms with van der Waals surface area (Å²) in [6.07, 6.45) is 10.1. The molecule has 1 aliphatic heterocycles. The summed E-state index contributed by atoms with van der Waals surface area (Å²) in [4.78, 5) is 29.2. The largest absolute Gasteiger partial charge is 0.481 e. The fraction of sp³-hybridized carbons (Fsp3) is 0.632. The second kappa shape index (κ2) is 7.85. The number of nitrogens with one attached hydrogen (secondary N) is 1. The van der Waals surface area contributed by atoms with E-state index in [9.17, 15) is 9.59 Å². The molecule has 1 saturated heterocycles. The molecule has 2 aliphatic rings. The van der Waals surface area contributed by atoms with Crippen molar-refractivity contribution in [3.63, 3.8) is 0 Å². The summed E-state index contributed by atoms with van der Waals surface area (Å²) in [5, 5.41) is 11.4. The van der Waals surface area contributed by atoms with Crippen LogP contribution in [0.2, 0.25) is 0 Å². The minimum atomic E-state index is -0.871. The number of carbonyl (C=O) groups excluding carboxylic acids is 1. The molecule has 1 aromatic rings. The SMILES string of the molecule is O=C(O)CCNC(=O)C1CCC2(CC1)CCN(c1ccncc1)CC2. The first-order valence-electron chi connectivity index (χ1n) is 9.22. The van der Waals surface area contributed by atoms with Crippen LogP contribution in [0.3, 0.4) is 0 Å². The topological polar surface area (TPSA) is 82.5 Å². The van der Waals surface area contributed by atoms with Crippen LogP contribution < -0.4 is 10.2 Å². The van der Waals surface area contributed by atoms with Crippen LogP contribution in [0.4, 0.5) is 5.69 Å². The molecule has 1 aliphatic carbocycles. The summed E-state index contributed by atoms with van der Waals surface area (Å²) in [5.74, 6) is -0.785. The van der Waals surface area contributed by atoms with Gasteiger partial charge in [-0.1, -0.05) is 0 Å². The Morgan fingerprint density at radius 1 is 1.16 bits per heavy atom. The first-order chi connectivity index (χ1) is 12.1. The normalized spacial score (nSPS) is 20.4. The Balaban J connectivity index is 1.45. The third-order valence-electron chi connectivity index (χ3n) is 5.91. The van der Waals surface area contributed by atoms with E-state index in [1.807, 2.05) is 12.4 Å². The molecule has 1 amide bonds. The molecule has 25 heavy (non-hydrogen) atoms. The number of piperidine rings is 1. The van der Waals surface area contributed by atoms with Gasteiger partial charge in [0, 0.05) is 43.6 Å². The van der Waals surface area contributed by atoms with E-state index in [4.69, 9.17) is 5.11 Å². The van der Waals surface area contributed by atoms with E-state index >= 15 is 0 Å². The lowest BCUT2D eigenvalue weighted by Gasteiger charge is -2.46. The number of hydrogen-bond acceptors (Lipinski definition) is 4. The average Bonchev–Trinajstić information content (AvgIpc) is 2.63. The second-order valence-electron chi connectivity index (χ2n) is 7.40. The van der Waals surface area contributed by atoms with Crippen LogP contribution >= 0.6 is 0 Å². The molecule has 1 saturated carbocycles. The molecular weight excluding hydrogens is 318 g/mol. The van der Waals surface area contributed by atoms with Gasteiger partial charge in [-0.25, -0.2) is 0 Å². The number of hydrogen-bond donors (Lipinski definition) is 2. The van der Waals surface area contributed by atoms with Crippen molar-refractivity contribution < 1.29 is 14.7 Å². The zero-order chi connectivity index (χ0) is 17.7. The number of carboxylic acid groups (broad SMARTS) is 1. The third-order valence-corrected chi connectivity index (χ3v) is 5.91. The summed E-state index contributed by atoms with van der Waals surface area (Å²) in [7, 11) is 0. The number of nitrogens with zero attached hydrogens (tertiary/aromatic N) is 2. The Morgan fingerprint density at radius 2 is 1.80 bits per heavy atom. The van der Waals surface area contributed by atoms with E-state index < -0.39 is 5.97 Å². The maximum Gasteiger partial charge on any atom is 0.305 e. The van der Waals surface area contributed by atoms with Gasteiger partial charge < -0.3 is 15.3 Å². The van der Waals surface area contributed by atoms with Crippen molar-refractivity contribution in [2.75, 3.05) is 24.5 Å². The van der Waals surface area contributed by atoms with Crippen molar-refractivity contribution in [1.29, 1.82) is 0 Å². The molecule has 1 spiro atoms. The molecule has 0 aromatic carbocycles. The molecule has 1 aromatic heterocycles. The standard InChI is InChI=1S/C19H27N3O3/c23-17(24)5-12-21-18(25)15-1-6-19(7-2-15)8-13-22(14-9-19)16-3-10-20-11-4-16/h3-4,10-11,15H,1-2,5-9,12-14H2,(H,21,25)(H,23,24). The van der Waals surface area contributed by atoms with Gasteiger partial charge in [-0.2, -0.15) is 0 Å². The molecule has 6 nitrogen and oxygen atoms in total. The molecule has 0 atom stereocenters. The van der Waals surface area contributed by atoms with Gasteiger partial charge in [-0.15, -0.1) is 0 Å². The molecule has 2 fully saturated rings. The number of aliphatic carboxylic acids is 1. The first-order valence-corrected chi connectivity index (χ1v) is 9.22. The molecule has 3 rings (SSSR count). The van der Waals surface area contributed by atoms with Crippen molar-refractivity contribution >= 4 is 17.6 Å². The zero-order valence-corrected chi connectivity index (χ0v) is 14.6. The van der Waals surface area contributed by atoms with Gasteiger partial charge in [0.2, 0.25) is 5.91 Å². The van der Waals surface area contributed by atoms with Crippen LogP contribution in [-0.4, -0.2) is 41.6 Å². The predicted octanol–water partition coefficient (Wildman–Crippen LogP) is 2.45. The number of rotatable bonds is 5. The highest BCUT2D eigenvalue weighted by Gasteiger charge is 2.39. The van der Waals surface area contributed by atoms with Crippen LogP contribution in [0.15, 0.2) is 24.5 Å². The van der Waals surface area contributed by atoms with E-state index in [0.29, 0.717) is 5.41 Å². The van der Waals surface area contributed by atoms with Crippen LogP contribution in [0.1, 0.15) is 44.9 Å². The summed E-state index contributed by atoms with van der Waals surface area (Å²) in [6, 6.07) is 4.13. The molecule has 2 N–H and O–H groups in total. The van der Waals surface area contributed by atoms with Gasteiger partial charge in [0.05, 0.1) is 6.42 Å². The maximum atomic E-state index is 12.2. The van der Waals surface area contributed by atoms with Crippen molar-refractivity contribution in [2.45, 2.75) is 44.9 Å². The summed E-state index contributed by atoms with van der Waals surface area (Å²) >= 11 is 0. The number of anilines is 1. The van der Waals surface area contributed by atoms with Crippen LogP contribution in [0.5, 0.6) is 0 Å². The quantitative estimate of drug-likeness (QED) is 0.856. The fourth-order valence-electron chi connectivity index (χ4n) is 4.22. The van der Waals surface area contributed by atoms with E-state index in [1.165, 1.54) is 18.5 Å². The monoisotopic (exact) mass is 345 g/mol. The van der Waals surface area contributed by atoms with E-state index in [2.05, 4.69) is 27.3 Å². The lowest BCUT2D eigenvalue weighted by Crippen LogP contribution is -2.44. The summed E-state index contributed by atoms with van der Waals surface area (Å²) in [6.45, 7) is 2.37. The lowest BCUT2D eigenvalue weighted by atomic mass is 9.65. The number of pyridine rings is 1. The minimum absolute atomic E-state index is 0.00671. The lowest BCUT2D eigenvalue weighted by molar-refractivity contribution is -0.137. The number of aromatic nitrogens is 1. The van der Waals surface area contributed by atoms with Crippen molar-refractivity contribution in [2.24, 2.45) is 11.3 Å². The second-order valence-corrected chi connectivity index (χ2v) is 7.40. The van der Waals surface area contributed by atoms with E-state index in [1.54, 1.807) is 0 Å². The van der Waals surface area contributed by atoms with E-state index in [-0.39, 0.29) is 24.8 Å². The Labute approximate surface area is 148 Å². The predicted molar refractivity (Wildman–Crippen MR) is 95.3 cm³/mol. The van der Waals surface area contributed by atoms with Crippen LogP contribution in [0, 0.1) is 11.3 Å². The van der Waals surface area contributed by atoms with Crippen molar-refractivity contribution in [3.8, 4) is 0 Å². The first kappa shape index (κ1) is 17.7. The highest BCUT2D eigenvalue weighted by Crippen LogP contribution is 2.46. The minimum Gasteiger partial charge on any atom is -0.481 e. The van der Waals surface area contributed by atoms with Crippen LogP contribution in [-0.2, 0) is 9.59 Å². The fourth-order valence-corrected chi connectivity index (χ4v) is 4.22. The molecule has 0 unspecified atom stereocenters. The Kier molecular flexibility index (Phi) is 5.56. The van der Waals surface area contributed by atoms with Crippen LogP contribution in [0.25, 0.3) is 0 Å². The Morgan fingerprint density at radius 3 is 2.40 bits per heavy atom. The number of amides is 1. The molecule has 6 heteroatoms. The Hall–Kier alpha value is -2.11. The Bertz CT molecular complexity index is 587. The zero-order valence-electron chi connectivity index (χ0n) is 14.6. The highest BCUT2D eigenvalue weighted by molar-refractivity contribution is 5.79. The number of carboxylic acids is 1. The van der Waals surface area contributed by atoms with Gasteiger partial charge in [0.1, 0.15) is 0 Å². The van der Waals surface area contributed by atoms with Gasteiger partial charge in [0.15, 0.2) is 0 Å². The molecule has 2 heterocycles. The molecule has 136 valence electrons. The van der Waals surface area contributed by atoms with Gasteiger partial charge in [0.25, 0.3) is 0 Å². The molecule has 0 bridgehead atoms. The smallest absolute Gasteiger partial charge is 0.305 e. The number of carbonyl (C=O) groups is 2. The van der Waals surface area contributed by atoms with Gasteiger partial charge in [-0.05, 0) is 56.1 Å². The van der Waals surface area contributed by atoms with Crippen molar-refractivity contribution in [3.05, 3.63) is 24.5 Å². The maximum absolute atomic E-state index is 12.2. The van der Waals surface area contributed by atoms with Gasteiger partial charge in [-0.3, -0.25) is 14.6 Å². The van der Waals surface area contributed by atoms with Gasteiger partial charge >= 0.3 is 5.97 Å². The summed E-state index contributed by atoms with van der Waals surface area (Å²) < 4.78 is 0. The highest BCUT2D eigenvalue weighted by atomic mass is 16.4. The van der Waals surface area contributed by atoms with Crippen molar-refractivity contribution in [1.82, 2.24) is 10.3 Å². The summed E-state index contributed by atoms with van der Waals surface area (Å²) in [5.41, 5.74) is 1.64. The molecular formula is C19H27N3O3. The third kappa shape index (κ3) is 4.50.